The maximum atomic E-state index is 11.7. The molecular weight excluding hydrogens is 296 g/mol. The first kappa shape index (κ1) is 14.2. The molecule has 0 unspecified atom stereocenters. The number of alkyl halides is 3. The Balaban J connectivity index is 2.23. The van der Waals surface area contributed by atoms with Crippen LogP contribution in [0, 0.1) is 17.3 Å². The van der Waals surface area contributed by atoms with Gasteiger partial charge in [-0.25, -0.2) is 0 Å². The number of Topliss-reactive ketones (excluding diaryl/α,β-unsaturated/α-hetero) is 1. The van der Waals surface area contributed by atoms with Gasteiger partial charge in [-0.05, 0) is 30.6 Å². The van der Waals surface area contributed by atoms with Crippen molar-refractivity contribution in [2.75, 3.05) is 0 Å². The molecule has 0 spiro atoms. The van der Waals surface area contributed by atoms with Crippen LogP contribution in [-0.2, 0) is 9.59 Å². The molecule has 2 aliphatic carbocycles. The molecule has 1 N–H and O–H groups in total. The zero-order valence-electron chi connectivity index (χ0n) is 10.3. The van der Waals surface area contributed by atoms with E-state index in [1.54, 1.807) is 0 Å². The van der Waals surface area contributed by atoms with Gasteiger partial charge in [0.25, 0.3) is 9.70 Å². The van der Waals surface area contributed by atoms with Crippen LogP contribution in [0.25, 0.3) is 0 Å². The smallest absolute Gasteiger partial charge is 0.276 e. The van der Waals surface area contributed by atoms with Gasteiger partial charge in [0.1, 0.15) is 0 Å². The Bertz CT molecular complexity index is 462. The van der Waals surface area contributed by atoms with E-state index in [-0.39, 0.29) is 17.1 Å². The van der Waals surface area contributed by atoms with Crippen LogP contribution in [0.5, 0.6) is 0 Å². The minimum Gasteiger partial charge on any atom is -0.326 e. The van der Waals surface area contributed by atoms with Crippen LogP contribution in [-0.4, -0.2) is 15.5 Å². The lowest BCUT2D eigenvalue weighted by Crippen LogP contribution is -2.35. The van der Waals surface area contributed by atoms with E-state index in [9.17, 15) is 9.59 Å². The van der Waals surface area contributed by atoms with Crippen LogP contribution < -0.4 is 5.32 Å². The molecule has 0 heterocycles. The SMILES string of the molecule is CC(=O)C1=C(NC(=O)C(Cl)(Cl)Cl)C[C@H]2[C@H]1C2(C)C. The minimum atomic E-state index is -2.00. The van der Waals surface area contributed by atoms with Crippen LogP contribution in [0.1, 0.15) is 27.2 Å². The third-order valence-electron chi connectivity index (χ3n) is 4.01. The predicted molar refractivity (Wildman–Crippen MR) is 71.5 cm³/mol. The zero-order valence-corrected chi connectivity index (χ0v) is 12.6. The number of rotatable bonds is 2. The number of hydrogen-bond donors (Lipinski definition) is 1. The van der Waals surface area contributed by atoms with Gasteiger partial charge in [-0.15, -0.1) is 0 Å². The Morgan fingerprint density at radius 2 is 1.89 bits per heavy atom. The predicted octanol–water partition coefficient (Wildman–Crippen LogP) is 2.99. The van der Waals surface area contributed by atoms with Crippen LogP contribution in [0.3, 0.4) is 0 Å². The number of nitrogens with one attached hydrogen (secondary N) is 1. The molecule has 2 rings (SSSR count). The van der Waals surface area contributed by atoms with Crippen LogP contribution in [0.15, 0.2) is 11.3 Å². The summed E-state index contributed by atoms with van der Waals surface area (Å²) in [5.41, 5.74) is 1.44. The summed E-state index contributed by atoms with van der Waals surface area (Å²) >= 11 is 16.5. The fraction of sp³-hybridized carbons (Fsp3) is 0.667. The van der Waals surface area contributed by atoms with Crippen molar-refractivity contribution < 1.29 is 9.59 Å². The second-order valence-electron chi connectivity index (χ2n) is 5.51. The second kappa shape index (κ2) is 4.12. The molecule has 0 saturated heterocycles. The molecule has 0 aliphatic heterocycles. The summed E-state index contributed by atoms with van der Waals surface area (Å²) in [5, 5.41) is 2.57. The number of fused-ring (bicyclic) bond motifs is 1. The van der Waals surface area contributed by atoms with Gasteiger partial charge in [0.2, 0.25) is 0 Å². The molecule has 100 valence electrons. The molecule has 0 aromatic rings. The highest BCUT2D eigenvalue weighted by molar-refractivity contribution is 6.76. The Labute approximate surface area is 121 Å². The number of ketones is 1. The van der Waals surface area contributed by atoms with Gasteiger partial charge in [0.05, 0.1) is 0 Å². The third-order valence-corrected chi connectivity index (χ3v) is 4.53. The first-order chi connectivity index (χ1) is 8.06. The Morgan fingerprint density at radius 1 is 1.33 bits per heavy atom. The zero-order chi connectivity index (χ0) is 13.9. The van der Waals surface area contributed by atoms with Gasteiger partial charge >= 0.3 is 0 Å². The summed E-state index contributed by atoms with van der Waals surface area (Å²) < 4.78 is -2.00. The van der Waals surface area contributed by atoms with E-state index in [4.69, 9.17) is 34.8 Å². The molecule has 0 radical (unpaired) electrons. The second-order valence-corrected chi connectivity index (χ2v) is 7.79. The Hall–Kier alpha value is -0.250. The molecule has 6 heteroatoms. The third kappa shape index (κ3) is 2.17. The maximum absolute atomic E-state index is 11.7. The van der Waals surface area contributed by atoms with Gasteiger partial charge < -0.3 is 5.32 Å². The fourth-order valence-corrected chi connectivity index (χ4v) is 3.12. The normalized spacial score (nSPS) is 29.0. The van der Waals surface area contributed by atoms with Crippen molar-refractivity contribution in [1.82, 2.24) is 5.32 Å². The van der Waals surface area contributed by atoms with Crippen molar-refractivity contribution in [2.45, 2.75) is 31.0 Å². The highest BCUT2D eigenvalue weighted by atomic mass is 35.6. The van der Waals surface area contributed by atoms with Crippen LogP contribution >= 0.6 is 34.8 Å². The molecule has 2 aliphatic rings. The molecule has 0 bridgehead atoms. The maximum Gasteiger partial charge on any atom is 0.276 e. The average Bonchev–Trinajstić information content (AvgIpc) is 2.59. The summed E-state index contributed by atoms with van der Waals surface area (Å²) in [7, 11) is 0. The molecule has 0 aromatic heterocycles. The summed E-state index contributed by atoms with van der Waals surface area (Å²) in [6.45, 7) is 5.76. The van der Waals surface area contributed by atoms with Gasteiger partial charge in [-0.3, -0.25) is 9.59 Å². The number of hydrogen-bond acceptors (Lipinski definition) is 2. The van der Waals surface area contributed by atoms with E-state index < -0.39 is 9.70 Å². The molecule has 2 atom stereocenters. The van der Waals surface area contributed by atoms with Gasteiger partial charge in [0, 0.05) is 11.3 Å². The average molecular weight is 311 g/mol. The van der Waals surface area contributed by atoms with Gasteiger partial charge in [-0.2, -0.15) is 0 Å². The molecule has 1 fully saturated rings. The van der Waals surface area contributed by atoms with Gasteiger partial charge in [0.15, 0.2) is 5.78 Å². The molecule has 0 aromatic carbocycles. The number of allylic oxidation sites excluding steroid dienone is 2. The highest BCUT2D eigenvalue weighted by Crippen LogP contribution is 2.68. The molecular formula is C12H14Cl3NO2. The highest BCUT2D eigenvalue weighted by Gasteiger charge is 2.64. The topological polar surface area (TPSA) is 46.2 Å². The van der Waals surface area contributed by atoms with E-state index >= 15 is 0 Å². The van der Waals surface area contributed by atoms with E-state index in [2.05, 4.69) is 19.2 Å². The first-order valence-corrected chi connectivity index (χ1v) is 6.82. The van der Waals surface area contributed by atoms with Crippen molar-refractivity contribution >= 4 is 46.5 Å². The number of amides is 1. The summed E-state index contributed by atoms with van der Waals surface area (Å²) in [4.78, 5) is 23.3. The lowest BCUT2D eigenvalue weighted by Gasteiger charge is -2.17. The monoisotopic (exact) mass is 309 g/mol. The summed E-state index contributed by atoms with van der Waals surface area (Å²) in [5.74, 6) is -0.101. The standard InChI is InChI=1S/C12H14Cl3NO2/c1-5(17)8-7(16-10(18)12(13,14)15)4-6-9(8)11(6,2)3/h6,9H,4H2,1-3H3,(H,16,18)/t6-,9+/m0/s1. The lowest BCUT2D eigenvalue weighted by molar-refractivity contribution is -0.119. The Kier molecular flexibility index (Phi) is 3.24. The fourth-order valence-electron chi connectivity index (χ4n) is 2.97. The lowest BCUT2D eigenvalue weighted by atomic mass is 9.96. The van der Waals surface area contributed by atoms with Crippen molar-refractivity contribution in [3.8, 4) is 0 Å². The largest absolute Gasteiger partial charge is 0.326 e. The molecule has 18 heavy (non-hydrogen) atoms. The van der Waals surface area contributed by atoms with Crippen molar-refractivity contribution in [1.29, 1.82) is 0 Å². The molecule has 1 amide bonds. The Morgan fingerprint density at radius 3 is 2.33 bits per heavy atom. The van der Waals surface area contributed by atoms with Crippen LogP contribution in [0.2, 0.25) is 0 Å². The summed E-state index contributed by atoms with van der Waals surface area (Å²) in [6.07, 6.45) is 0.666. The van der Waals surface area contributed by atoms with Crippen molar-refractivity contribution in [3.05, 3.63) is 11.3 Å². The van der Waals surface area contributed by atoms with E-state index in [0.29, 0.717) is 23.6 Å². The quantitative estimate of drug-likeness (QED) is 0.797. The van der Waals surface area contributed by atoms with Crippen molar-refractivity contribution in [2.24, 2.45) is 17.3 Å². The van der Waals surface area contributed by atoms with E-state index in [0.717, 1.165) is 0 Å². The summed E-state index contributed by atoms with van der Waals surface area (Å²) in [6, 6.07) is 0. The first-order valence-electron chi connectivity index (χ1n) is 5.69. The number of carbonyl (C=O) groups is 2. The number of carbonyl (C=O) groups excluding carboxylic acids is 2. The van der Waals surface area contributed by atoms with E-state index in [1.165, 1.54) is 6.92 Å². The molecule has 3 nitrogen and oxygen atoms in total. The van der Waals surface area contributed by atoms with Gasteiger partial charge in [-0.1, -0.05) is 48.7 Å². The van der Waals surface area contributed by atoms with Crippen molar-refractivity contribution in [3.63, 3.8) is 0 Å². The number of halogens is 3. The van der Waals surface area contributed by atoms with E-state index in [1.807, 2.05) is 0 Å². The minimum absolute atomic E-state index is 0.0207. The van der Waals surface area contributed by atoms with Crippen LogP contribution in [0.4, 0.5) is 0 Å². The molecule has 1 saturated carbocycles.